The lowest BCUT2D eigenvalue weighted by molar-refractivity contribution is -0.139. The van der Waals surface area contributed by atoms with Gasteiger partial charge in [0.05, 0.1) is 19.2 Å². The number of aliphatic carboxylic acids is 1. The molecule has 0 saturated heterocycles. The van der Waals surface area contributed by atoms with E-state index in [-0.39, 0.29) is 5.97 Å². The van der Waals surface area contributed by atoms with Crippen LogP contribution in [0.15, 0.2) is 40.8 Å². The fourth-order valence-electron chi connectivity index (χ4n) is 2.46. The second kappa shape index (κ2) is 9.03. The Morgan fingerprint density at radius 1 is 1.20 bits per heavy atom. The highest BCUT2D eigenvalue weighted by Crippen LogP contribution is 2.23. The van der Waals surface area contributed by atoms with Crippen LogP contribution in [0.2, 0.25) is 0 Å². The van der Waals surface area contributed by atoms with Crippen molar-refractivity contribution >= 4 is 11.9 Å². The van der Waals surface area contributed by atoms with Gasteiger partial charge >= 0.3 is 11.9 Å². The Balaban J connectivity index is 1.99. The van der Waals surface area contributed by atoms with Crippen molar-refractivity contribution in [2.24, 2.45) is 0 Å². The Bertz CT molecular complexity index is 705. The first-order valence-corrected chi connectivity index (χ1v) is 8.28. The molecule has 2 aromatic rings. The number of furan rings is 1. The molecule has 6 heteroatoms. The molecule has 1 aromatic heterocycles. The van der Waals surface area contributed by atoms with Crippen molar-refractivity contribution in [1.29, 1.82) is 0 Å². The molecule has 0 aliphatic carbocycles. The highest BCUT2D eigenvalue weighted by atomic mass is 16.5. The number of carbonyl (C=O) groups is 2. The summed E-state index contributed by atoms with van der Waals surface area (Å²) in [5, 5.41) is 12.2. The average Bonchev–Trinajstić information content (AvgIpc) is 3.10. The Morgan fingerprint density at radius 3 is 2.52 bits per heavy atom. The maximum Gasteiger partial charge on any atom is 0.337 e. The number of carboxylic acid groups (broad SMARTS) is 1. The standard InChI is InChI=1S/C19H23NO5/c1-3-4-5-16(18(21)22)20-12-15-10-11-17(25-15)13-6-8-14(9-7-13)19(23)24-2/h6-11,16,20H,3-5,12H2,1-2H3,(H,21,22). The molecule has 0 saturated carbocycles. The van der Waals surface area contributed by atoms with E-state index in [0.717, 1.165) is 18.4 Å². The third-order valence-corrected chi connectivity index (χ3v) is 3.92. The summed E-state index contributed by atoms with van der Waals surface area (Å²) in [5.74, 6) is 0.0877. The number of carbonyl (C=O) groups excluding carboxylic acids is 1. The van der Waals surface area contributed by atoms with E-state index in [0.29, 0.717) is 30.0 Å². The molecule has 0 bridgehead atoms. The van der Waals surface area contributed by atoms with Crippen molar-refractivity contribution in [2.75, 3.05) is 7.11 Å². The third kappa shape index (κ3) is 5.19. The van der Waals surface area contributed by atoms with Gasteiger partial charge in [-0.2, -0.15) is 0 Å². The summed E-state index contributed by atoms with van der Waals surface area (Å²) in [6.07, 6.45) is 2.41. The Kier molecular flexibility index (Phi) is 6.77. The predicted octanol–water partition coefficient (Wildman–Crippen LogP) is 3.47. The van der Waals surface area contributed by atoms with E-state index in [4.69, 9.17) is 4.42 Å². The Morgan fingerprint density at radius 2 is 1.92 bits per heavy atom. The van der Waals surface area contributed by atoms with E-state index < -0.39 is 12.0 Å². The molecule has 1 aromatic carbocycles. The number of unbranched alkanes of at least 4 members (excludes halogenated alkanes) is 1. The zero-order valence-electron chi connectivity index (χ0n) is 14.5. The second-order valence-electron chi connectivity index (χ2n) is 5.75. The molecular weight excluding hydrogens is 322 g/mol. The minimum absolute atomic E-state index is 0.348. The predicted molar refractivity (Wildman–Crippen MR) is 93.3 cm³/mol. The van der Waals surface area contributed by atoms with E-state index >= 15 is 0 Å². The molecular formula is C19H23NO5. The van der Waals surface area contributed by atoms with Crippen LogP contribution in [0.25, 0.3) is 11.3 Å². The number of rotatable bonds is 9. The third-order valence-electron chi connectivity index (χ3n) is 3.92. The van der Waals surface area contributed by atoms with E-state index in [1.807, 2.05) is 19.1 Å². The van der Waals surface area contributed by atoms with Gasteiger partial charge in [-0.25, -0.2) is 4.79 Å². The van der Waals surface area contributed by atoms with Crippen molar-refractivity contribution in [3.8, 4) is 11.3 Å². The summed E-state index contributed by atoms with van der Waals surface area (Å²) in [6, 6.07) is 9.97. The molecule has 0 amide bonds. The topological polar surface area (TPSA) is 88.8 Å². The van der Waals surface area contributed by atoms with Crippen molar-refractivity contribution in [3.05, 3.63) is 47.7 Å². The molecule has 1 unspecified atom stereocenters. The summed E-state index contributed by atoms with van der Waals surface area (Å²) in [5.41, 5.74) is 1.31. The number of ether oxygens (including phenoxy) is 1. The number of methoxy groups -OCH3 is 1. The van der Waals surface area contributed by atoms with Gasteiger partial charge in [-0.1, -0.05) is 31.9 Å². The lowest BCUT2D eigenvalue weighted by atomic mass is 10.1. The maximum absolute atomic E-state index is 11.4. The SMILES string of the molecule is CCCCC(NCc1ccc(-c2ccc(C(=O)OC)cc2)o1)C(=O)O. The Labute approximate surface area is 146 Å². The van der Waals surface area contributed by atoms with Crippen molar-refractivity contribution < 1.29 is 23.8 Å². The quantitative estimate of drug-likeness (QED) is 0.677. The van der Waals surface area contributed by atoms with Gasteiger partial charge in [0.2, 0.25) is 0 Å². The van der Waals surface area contributed by atoms with Gasteiger partial charge in [0.15, 0.2) is 0 Å². The molecule has 0 aliphatic heterocycles. The molecule has 0 radical (unpaired) electrons. The molecule has 0 spiro atoms. The van der Waals surface area contributed by atoms with Crippen molar-refractivity contribution in [1.82, 2.24) is 5.32 Å². The van der Waals surface area contributed by atoms with Gasteiger partial charge in [-0.15, -0.1) is 0 Å². The van der Waals surface area contributed by atoms with E-state index in [9.17, 15) is 14.7 Å². The fraction of sp³-hybridized carbons (Fsp3) is 0.368. The lowest BCUT2D eigenvalue weighted by Gasteiger charge is -2.12. The first-order valence-electron chi connectivity index (χ1n) is 8.28. The van der Waals surface area contributed by atoms with Gasteiger partial charge in [0.1, 0.15) is 17.6 Å². The molecule has 1 atom stereocenters. The van der Waals surface area contributed by atoms with Crippen LogP contribution in [0.3, 0.4) is 0 Å². The van der Waals surface area contributed by atoms with Gasteiger partial charge in [-0.3, -0.25) is 10.1 Å². The maximum atomic E-state index is 11.4. The van der Waals surface area contributed by atoms with Gasteiger partial charge in [0, 0.05) is 5.56 Å². The first kappa shape index (κ1) is 18.7. The van der Waals surface area contributed by atoms with E-state index in [1.54, 1.807) is 24.3 Å². The zero-order chi connectivity index (χ0) is 18.2. The molecule has 6 nitrogen and oxygen atoms in total. The van der Waals surface area contributed by atoms with Crippen LogP contribution in [-0.2, 0) is 16.1 Å². The van der Waals surface area contributed by atoms with Crippen molar-refractivity contribution in [3.63, 3.8) is 0 Å². The fourth-order valence-corrected chi connectivity index (χ4v) is 2.46. The minimum Gasteiger partial charge on any atom is -0.480 e. The van der Waals surface area contributed by atoms with Crippen LogP contribution in [0.1, 0.15) is 42.3 Å². The summed E-state index contributed by atoms with van der Waals surface area (Å²) in [4.78, 5) is 22.7. The van der Waals surface area contributed by atoms with Gasteiger partial charge < -0.3 is 14.3 Å². The van der Waals surface area contributed by atoms with Crippen LogP contribution >= 0.6 is 0 Å². The van der Waals surface area contributed by atoms with Crippen LogP contribution in [0.5, 0.6) is 0 Å². The van der Waals surface area contributed by atoms with Gasteiger partial charge in [-0.05, 0) is 30.7 Å². The number of carboxylic acids is 1. The van der Waals surface area contributed by atoms with Gasteiger partial charge in [0.25, 0.3) is 0 Å². The number of hydrogen-bond donors (Lipinski definition) is 2. The lowest BCUT2D eigenvalue weighted by Crippen LogP contribution is -2.36. The monoisotopic (exact) mass is 345 g/mol. The summed E-state index contributed by atoms with van der Waals surface area (Å²) in [6.45, 7) is 2.38. The average molecular weight is 345 g/mol. The second-order valence-corrected chi connectivity index (χ2v) is 5.75. The molecule has 0 fully saturated rings. The molecule has 1 heterocycles. The van der Waals surface area contributed by atoms with Crippen LogP contribution in [0, 0.1) is 0 Å². The highest BCUT2D eigenvalue weighted by molar-refractivity contribution is 5.89. The summed E-state index contributed by atoms with van der Waals surface area (Å²) >= 11 is 0. The molecule has 2 rings (SSSR count). The molecule has 134 valence electrons. The van der Waals surface area contributed by atoms with Crippen LogP contribution < -0.4 is 5.32 Å². The largest absolute Gasteiger partial charge is 0.480 e. The van der Waals surface area contributed by atoms with Crippen LogP contribution in [-0.4, -0.2) is 30.2 Å². The Hall–Kier alpha value is -2.60. The molecule has 0 aliphatic rings. The zero-order valence-corrected chi connectivity index (χ0v) is 14.5. The minimum atomic E-state index is -0.848. The normalized spacial score (nSPS) is 11.9. The van der Waals surface area contributed by atoms with Crippen LogP contribution in [0.4, 0.5) is 0 Å². The van der Waals surface area contributed by atoms with E-state index in [2.05, 4.69) is 10.1 Å². The summed E-state index contributed by atoms with van der Waals surface area (Å²) in [7, 11) is 1.34. The number of hydrogen-bond acceptors (Lipinski definition) is 5. The number of benzene rings is 1. The number of nitrogens with one attached hydrogen (secondary N) is 1. The smallest absolute Gasteiger partial charge is 0.337 e. The molecule has 2 N–H and O–H groups in total. The first-order chi connectivity index (χ1) is 12.0. The highest BCUT2D eigenvalue weighted by Gasteiger charge is 2.16. The van der Waals surface area contributed by atoms with Crippen molar-refractivity contribution in [2.45, 2.75) is 38.8 Å². The number of esters is 1. The summed E-state index contributed by atoms with van der Waals surface area (Å²) < 4.78 is 10.4. The molecule has 25 heavy (non-hydrogen) atoms. The van der Waals surface area contributed by atoms with E-state index in [1.165, 1.54) is 7.11 Å².